The van der Waals surface area contributed by atoms with Crippen LogP contribution in [-0.2, 0) is 15.6 Å². The molecule has 0 aliphatic carbocycles. The largest absolute Gasteiger partial charge is 0.272 e. The first-order valence-corrected chi connectivity index (χ1v) is 6.27. The molecular formula is C9H11NO4S. The van der Waals surface area contributed by atoms with Crippen LogP contribution in [0.25, 0.3) is 0 Å². The van der Waals surface area contributed by atoms with Crippen LogP contribution in [-0.4, -0.2) is 19.6 Å². The Morgan fingerprint density at radius 2 is 2.00 bits per heavy atom. The Labute approximate surface area is 87.8 Å². The van der Waals surface area contributed by atoms with Gasteiger partial charge in [0.15, 0.2) is 9.84 Å². The van der Waals surface area contributed by atoms with Crippen molar-refractivity contribution in [3.8, 4) is 0 Å². The van der Waals surface area contributed by atoms with E-state index in [1.165, 1.54) is 18.2 Å². The van der Waals surface area contributed by atoms with E-state index in [1.807, 2.05) is 0 Å². The van der Waals surface area contributed by atoms with E-state index in [-0.39, 0.29) is 11.4 Å². The van der Waals surface area contributed by atoms with E-state index in [0.717, 1.165) is 6.26 Å². The summed E-state index contributed by atoms with van der Waals surface area (Å²) in [6.45, 7) is 1.59. The highest BCUT2D eigenvalue weighted by Crippen LogP contribution is 2.19. The van der Waals surface area contributed by atoms with Gasteiger partial charge in [0.1, 0.15) is 0 Å². The summed E-state index contributed by atoms with van der Waals surface area (Å²) in [6, 6.07) is 4.32. The number of nitro benzene ring substituents is 1. The highest BCUT2D eigenvalue weighted by molar-refractivity contribution is 7.89. The molecule has 1 aromatic rings. The predicted octanol–water partition coefficient (Wildman–Crippen LogP) is 1.45. The molecule has 0 amide bonds. The van der Waals surface area contributed by atoms with Crippen molar-refractivity contribution in [2.75, 3.05) is 6.26 Å². The Balaban J connectivity index is 3.07. The van der Waals surface area contributed by atoms with Crippen molar-refractivity contribution in [1.29, 1.82) is 0 Å². The lowest BCUT2D eigenvalue weighted by Gasteiger charge is -2.01. The Morgan fingerprint density at radius 3 is 2.40 bits per heavy atom. The third-order valence-corrected chi connectivity index (χ3v) is 2.74. The molecule has 0 atom stereocenters. The fourth-order valence-corrected chi connectivity index (χ4v) is 2.10. The van der Waals surface area contributed by atoms with Gasteiger partial charge in [0, 0.05) is 17.9 Å². The number of rotatable bonds is 3. The summed E-state index contributed by atoms with van der Waals surface area (Å²) >= 11 is 0. The van der Waals surface area contributed by atoms with E-state index in [2.05, 4.69) is 0 Å². The Morgan fingerprint density at radius 1 is 1.40 bits per heavy atom. The summed E-state index contributed by atoms with van der Waals surface area (Å²) in [5, 5.41) is 10.5. The second-order valence-electron chi connectivity index (χ2n) is 3.45. The summed E-state index contributed by atoms with van der Waals surface area (Å²) in [5.41, 5.74) is 1.05. The molecule has 0 aliphatic rings. The van der Waals surface area contributed by atoms with Crippen LogP contribution in [0.4, 0.5) is 5.69 Å². The average molecular weight is 229 g/mol. The van der Waals surface area contributed by atoms with Crippen molar-refractivity contribution < 1.29 is 13.3 Å². The Hall–Kier alpha value is -1.43. The van der Waals surface area contributed by atoms with Crippen LogP contribution in [0.1, 0.15) is 11.1 Å². The van der Waals surface area contributed by atoms with Crippen molar-refractivity contribution in [3.63, 3.8) is 0 Å². The normalized spacial score (nSPS) is 11.3. The first kappa shape index (κ1) is 11.6. The molecule has 5 nitrogen and oxygen atoms in total. The van der Waals surface area contributed by atoms with Crippen LogP contribution >= 0.6 is 0 Å². The molecule has 0 heterocycles. The zero-order chi connectivity index (χ0) is 11.6. The van der Waals surface area contributed by atoms with Gasteiger partial charge >= 0.3 is 0 Å². The lowest BCUT2D eigenvalue weighted by Crippen LogP contribution is -2.01. The molecule has 0 fully saturated rings. The Bertz CT molecular complexity index is 493. The fourth-order valence-electron chi connectivity index (χ4n) is 1.31. The maximum atomic E-state index is 11.0. The SMILES string of the molecule is Cc1cc(CS(C)(=O)=O)ccc1[N+](=O)[O-]. The molecule has 6 heteroatoms. The minimum atomic E-state index is -3.10. The maximum Gasteiger partial charge on any atom is 0.272 e. The molecule has 0 aromatic heterocycles. The maximum absolute atomic E-state index is 11.0. The second-order valence-corrected chi connectivity index (χ2v) is 5.59. The molecule has 82 valence electrons. The monoisotopic (exact) mass is 229 g/mol. The third-order valence-electron chi connectivity index (χ3n) is 1.89. The van der Waals surface area contributed by atoms with E-state index in [1.54, 1.807) is 6.92 Å². The lowest BCUT2D eigenvalue weighted by atomic mass is 10.1. The van der Waals surface area contributed by atoms with Crippen molar-refractivity contribution >= 4 is 15.5 Å². The predicted molar refractivity (Wildman–Crippen MR) is 56.4 cm³/mol. The smallest absolute Gasteiger partial charge is 0.258 e. The molecule has 0 aliphatic heterocycles. The number of nitrogens with zero attached hydrogens (tertiary/aromatic N) is 1. The first-order valence-electron chi connectivity index (χ1n) is 4.21. The molecule has 0 unspecified atom stereocenters. The van der Waals surface area contributed by atoms with Crippen molar-refractivity contribution in [1.82, 2.24) is 0 Å². The average Bonchev–Trinajstić information content (AvgIpc) is 1.99. The van der Waals surface area contributed by atoms with E-state index < -0.39 is 14.8 Å². The number of hydrogen-bond acceptors (Lipinski definition) is 4. The minimum absolute atomic E-state index is 0.00671. The molecule has 15 heavy (non-hydrogen) atoms. The molecular weight excluding hydrogens is 218 g/mol. The topological polar surface area (TPSA) is 77.3 Å². The summed E-state index contributed by atoms with van der Waals surface area (Å²) in [6.07, 6.45) is 1.13. The van der Waals surface area contributed by atoms with E-state index in [9.17, 15) is 18.5 Å². The van der Waals surface area contributed by atoms with Gasteiger partial charge in [0.05, 0.1) is 10.7 Å². The van der Waals surface area contributed by atoms with Crippen LogP contribution in [0.2, 0.25) is 0 Å². The van der Waals surface area contributed by atoms with Gasteiger partial charge in [-0.3, -0.25) is 10.1 Å². The summed E-state index contributed by atoms with van der Waals surface area (Å²) in [5.74, 6) is -0.0914. The lowest BCUT2D eigenvalue weighted by molar-refractivity contribution is -0.385. The zero-order valence-corrected chi connectivity index (χ0v) is 9.24. The van der Waals surface area contributed by atoms with Crippen molar-refractivity contribution in [2.45, 2.75) is 12.7 Å². The quantitative estimate of drug-likeness (QED) is 0.580. The molecule has 0 bridgehead atoms. The van der Waals surface area contributed by atoms with Gasteiger partial charge in [-0.05, 0) is 18.6 Å². The number of nitro groups is 1. The van der Waals surface area contributed by atoms with Gasteiger partial charge < -0.3 is 0 Å². The van der Waals surface area contributed by atoms with Crippen LogP contribution in [0, 0.1) is 17.0 Å². The summed E-state index contributed by atoms with van der Waals surface area (Å²) < 4.78 is 22.0. The molecule has 0 N–H and O–H groups in total. The van der Waals surface area contributed by atoms with Gasteiger partial charge in [-0.25, -0.2) is 8.42 Å². The third kappa shape index (κ3) is 3.32. The summed E-state index contributed by atoms with van der Waals surface area (Å²) in [4.78, 5) is 10.0. The number of hydrogen-bond donors (Lipinski definition) is 0. The number of sulfone groups is 1. The van der Waals surface area contributed by atoms with Crippen LogP contribution in [0.5, 0.6) is 0 Å². The first-order chi connectivity index (χ1) is 6.79. The molecule has 0 radical (unpaired) electrons. The van der Waals surface area contributed by atoms with Crippen LogP contribution < -0.4 is 0 Å². The number of benzene rings is 1. The molecule has 1 rings (SSSR count). The van der Waals surface area contributed by atoms with Crippen molar-refractivity contribution in [2.24, 2.45) is 0 Å². The van der Waals surface area contributed by atoms with E-state index >= 15 is 0 Å². The molecule has 0 saturated carbocycles. The zero-order valence-electron chi connectivity index (χ0n) is 8.43. The van der Waals surface area contributed by atoms with Crippen LogP contribution in [0.3, 0.4) is 0 Å². The minimum Gasteiger partial charge on any atom is -0.258 e. The highest BCUT2D eigenvalue weighted by atomic mass is 32.2. The van der Waals surface area contributed by atoms with Gasteiger partial charge in [-0.15, -0.1) is 0 Å². The molecule has 0 spiro atoms. The van der Waals surface area contributed by atoms with Gasteiger partial charge in [-0.2, -0.15) is 0 Å². The molecule has 1 aromatic carbocycles. The summed E-state index contributed by atoms with van der Waals surface area (Å²) in [7, 11) is -3.10. The van der Waals surface area contributed by atoms with E-state index in [0.29, 0.717) is 11.1 Å². The number of aryl methyl sites for hydroxylation is 1. The fraction of sp³-hybridized carbons (Fsp3) is 0.333. The highest BCUT2D eigenvalue weighted by Gasteiger charge is 2.12. The van der Waals surface area contributed by atoms with Gasteiger partial charge in [0.25, 0.3) is 5.69 Å². The van der Waals surface area contributed by atoms with Crippen molar-refractivity contribution in [3.05, 3.63) is 39.4 Å². The van der Waals surface area contributed by atoms with E-state index in [4.69, 9.17) is 0 Å². The second kappa shape index (κ2) is 3.98. The standard InChI is InChI=1S/C9H11NO4S/c1-7-5-8(6-15(2,13)14)3-4-9(7)10(11)12/h3-5H,6H2,1-2H3. The van der Waals surface area contributed by atoms with Gasteiger partial charge in [-0.1, -0.05) is 6.07 Å². The Kier molecular flexibility index (Phi) is 3.09. The van der Waals surface area contributed by atoms with Gasteiger partial charge in [0.2, 0.25) is 0 Å². The molecule has 0 saturated heterocycles. The van der Waals surface area contributed by atoms with Crippen LogP contribution in [0.15, 0.2) is 18.2 Å².